The van der Waals surface area contributed by atoms with Crippen molar-refractivity contribution in [2.75, 3.05) is 6.54 Å². The largest absolute Gasteiger partial charge is 0.391 e. The Balaban J connectivity index is 1.90. The zero-order valence-corrected chi connectivity index (χ0v) is 9.90. The van der Waals surface area contributed by atoms with Crippen molar-refractivity contribution in [2.24, 2.45) is 5.92 Å². The molecular weight excluding hydrogens is 256 g/mol. The zero-order chi connectivity index (χ0) is 13.7. The fourth-order valence-electron chi connectivity index (χ4n) is 2.27. The Labute approximate surface area is 107 Å². The number of carbonyl (C=O) groups excluding carboxylic acids is 2. The fraction of sp³-hybridized carbons (Fsp3) is 0.385. The van der Waals surface area contributed by atoms with Crippen LogP contribution in [0.4, 0.5) is 8.78 Å². The number of amides is 2. The molecule has 1 aliphatic carbocycles. The first kappa shape index (κ1) is 12.2. The predicted molar refractivity (Wildman–Crippen MR) is 60.5 cm³/mol. The van der Waals surface area contributed by atoms with Crippen LogP contribution in [0.3, 0.4) is 0 Å². The molecule has 0 aromatic heterocycles. The molecular formula is C13H11F2NO3. The lowest BCUT2D eigenvalue weighted by atomic mass is 10.1. The molecule has 2 amide bonds. The Morgan fingerprint density at radius 2 is 1.63 bits per heavy atom. The number of imide groups is 1. The smallest absolute Gasteiger partial charge is 0.261 e. The van der Waals surface area contributed by atoms with E-state index in [1.807, 2.05) is 0 Å². The van der Waals surface area contributed by atoms with E-state index in [9.17, 15) is 23.5 Å². The summed E-state index contributed by atoms with van der Waals surface area (Å²) in [4.78, 5) is 24.8. The SMILES string of the molecule is O=C1c2cc(F)c(F)cc2C(=O)N1CC(O)C1CC1. The molecule has 0 saturated heterocycles. The van der Waals surface area contributed by atoms with E-state index in [2.05, 4.69) is 0 Å². The molecule has 1 unspecified atom stereocenters. The molecule has 1 saturated carbocycles. The average molecular weight is 267 g/mol. The molecule has 100 valence electrons. The Morgan fingerprint density at radius 3 is 2.05 bits per heavy atom. The highest BCUT2D eigenvalue weighted by Gasteiger charge is 2.40. The Kier molecular flexibility index (Phi) is 2.63. The number of hydrogen-bond acceptors (Lipinski definition) is 3. The number of aliphatic hydroxyl groups is 1. The maximum Gasteiger partial charge on any atom is 0.261 e. The van der Waals surface area contributed by atoms with Crippen LogP contribution in [0.15, 0.2) is 12.1 Å². The van der Waals surface area contributed by atoms with Crippen molar-refractivity contribution < 1.29 is 23.5 Å². The summed E-state index contributed by atoms with van der Waals surface area (Å²) in [7, 11) is 0. The van der Waals surface area contributed by atoms with Crippen LogP contribution in [0.25, 0.3) is 0 Å². The summed E-state index contributed by atoms with van der Waals surface area (Å²) in [5.74, 6) is -3.58. The zero-order valence-electron chi connectivity index (χ0n) is 9.90. The van der Waals surface area contributed by atoms with Crippen LogP contribution in [0.5, 0.6) is 0 Å². The number of halogens is 2. The molecule has 0 radical (unpaired) electrons. The van der Waals surface area contributed by atoms with Crippen LogP contribution in [0, 0.1) is 17.6 Å². The summed E-state index contributed by atoms with van der Waals surface area (Å²) < 4.78 is 26.2. The van der Waals surface area contributed by atoms with Gasteiger partial charge in [0.25, 0.3) is 11.8 Å². The first-order valence-electron chi connectivity index (χ1n) is 6.02. The van der Waals surface area contributed by atoms with Crippen molar-refractivity contribution in [1.29, 1.82) is 0 Å². The van der Waals surface area contributed by atoms with Gasteiger partial charge in [-0.05, 0) is 30.9 Å². The number of benzene rings is 1. The Bertz CT molecular complexity index is 542. The fourth-order valence-corrected chi connectivity index (χ4v) is 2.27. The van der Waals surface area contributed by atoms with Gasteiger partial charge in [-0.3, -0.25) is 14.5 Å². The van der Waals surface area contributed by atoms with Crippen LogP contribution in [0.1, 0.15) is 33.6 Å². The van der Waals surface area contributed by atoms with Gasteiger partial charge in [-0.2, -0.15) is 0 Å². The minimum atomic E-state index is -1.16. The van der Waals surface area contributed by atoms with E-state index in [1.165, 1.54) is 0 Å². The van der Waals surface area contributed by atoms with Gasteiger partial charge in [-0.25, -0.2) is 8.78 Å². The second-order valence-corrected chi connectivity index (χ2v) is 4.94. The Morgan fingerprint density at radius 1 is 1.16 bits per heavy atom. The van der Waals surface area contributed by atoms with Gasteiger partial charge in [0.15, 0.2) is 11.6 Å². The minimum absolute atomic E-state index is 0.109. The summed E-state index contributed by atoms with van der Waals surface area (Å²) in [5, 5.41) is 9.78. The third-order valence-electron chi connectivity index (χ3n) is 3.55. The number of β-amino-alcohol motifs (C(OH)–C–C–N with tert-alkyl or cyclic N) is 1. The molecule has 2 aliphatic rings. The van der Waals surface area contributed by atoms with E-state index in [1.54, 1.807) is 0 Å². The summed E-state index contributed by atoms with van der Waals surface area (Å²) in [6.07, 6.45) is 0.971. The standard InChI is InChI=1S/C13H11F2NO3/c14-9-3-7-8(4-10(9)15)13(19)16(12(7)18)5-11(17)6-1-2-6/h3-4,6,11,17H,1-2,5H2. The van der Waals surface area contributed by atoms with E-state index >= 15 is 0 Å². The third kappa shape index (κ3) is 1.92. The van der Waals surface area contributed by atoms with Gasteiger partial charge < -0.3 is 5.11 Å². The maximum atomic E-state index is 13.1. The van der Waals surface area contributed by atoms with Crippen molar-refractivity contribution >= 4 is 11.8 Å². The second-order valence-electron chi connectivity index (χ2n) is 4.94. The van der Waals surface area contributed by atoms with Gasteiger partial charge in [0.2, 0.25) is 0 Å². The van der Waals surface area contributed by atoms with Crippen LogP contribution < -0.4 is 0 Å². The van der Waals surface area contributed by atoms with E-state index in [0.29, 0.717) is 0 Å². The van der Waals surface area contributed by atoms with Gasteiger partial charge >= 0.3 is 0 Å². The van der Waals surface area contributed by atoms with Crippen LogP contribution >= 0.6 is 0 Å². The van der Waals surface area contributed by atoms with Crippen molar-refractivity contribution in [3.63, 3.8) is 0 Å². The molecule has 6 heteroatoms. The van der Waals surface area contributed by atoms with Crippen molar-refractivity contribution in [2.45, 2.75) is 18.9 Å². The van der Waals surface area contributed by atoms with E-state index < -0.39 is 29.6 Å². The molecule has 1 heterocycles. The minimum Gasteiger partial charge on any atom is -0.391 e. The molecule has 3 rings (SSSR count). The molecule has 0 bridgehead atoms. The lowest BCUT2D eigenvalue weighted by Gasteiger charge is -2.17. The van der Waals surface area contributed by atoms with Gasteiger partial charge in [0, 0.05) is 0 Å². The second kappa shape index (κ2) is 4.09. The maximum absolute atomic E-state index is 13.1. The van der Waals surface area contributed by atoms with Crippen LogP contribution in [-0.4, -0.2) is 34.5 Å². The highest BCUT2D eigenvalue weighted by molar-refractivity contribution is 6.21. The number of nitrogens with zero attached hydrogens (tertiary/aromatic N) is 1. The molecule has 1 aromatic carbocycles. The summed E-state index contributed by atoms with van der Waals surface area (Å²) >= 11 is 0. The van der Waals surface area contributed by atoms with Gasteiger partial charge in [0.1, 0.15) is 0 Å². The van der Waals surface area contributed by atoms with Crippen molar-refractivity contribution in [1.82, 2.24) is 4.90 Å². The van der Waals surface area contributed by atoms with Crippen molar-refractivity contribution in [3.8, 4) is 0 Å². The van der Waals surface area contributed by atoms with Crippen LogP contribution in [-0.2, 0) is 0 Å². The van der Waals surface area contributed by atoms with Crippen LogP contribution in [0.2, 0.25) is 0 Å². The highest BCUT2D eigenvalue weighted by Crippen LogP contribution is 2.34. The van der Waals surface area contributed by atoms with Gasteiger partial charge in [-0.15, -0.1) is 0 Å². The first-order chi connectivity index (χ1) is 8.99. The van der Waals surface area contributed by atoms with Gasteiger partial charge in [0.05, 0.1) is 23.8 Å². The topological polar surface area (TPSA) is 57.6 Å². The van der Waals surface area contributed by atoms with Crippen molar-refractivity contribution in [3.05, 3.63) is 34.9 Å². The monoisotopic (exact) mass is 267 g/mol. The predicted octanol–water partition coefficient (Wildman–Crippen LogP) is 1.33. The summed E-state index contributed by atoms with van der Waals surface area (Å²) in [6, 6.07) is 1.46. The number of hydrogen-bond donors (Lipinski definition) is 1. The number of aliphatic hydroxyl groups excluding tert-OH is 1. The van der Waals surface area contributed by atoms with E-state index in [0.717, 1.165) is 29.9 Å². The molecule has 1 atom stereocenters. The van der Waals surface area contributed by atoms with E-state index in [4.69, 9.17) is 0 Å². The molecule has 1 fully saturated rings. The summed E-state index contributed by atoms with van der Waals surface area (Å²) in [6.45, 7) is -0.125. The molecule has 1 aliphatic heterocycles. The molecule has 0 spiro atoms. The lowest BCUT2D eigenvalue weighted by Crippen LogP contribution is -2.37. The molecule has 1 aromatic rings. The number of fused-ring (bicyclic) bond motifs is 1. The lowest BCUT2D eigenvalue weighted by molar-refractivity contribution is 0.0514. The highest BCUT2D eigenvalue weighted by atomic mass is 19.2. The quantitative estimate of drug-likeness (QED) is 0.841. The molecule has 1 N–H and O–H groups in total. The van der Waals surface area contributed by atoms with Gasteiger partial charge in [-0.1, -0.05) is 0 Å². The molecule has 4 nitrogen and oxygen atoms in total. The third-order valence-corrected chi connectivity index (χ3v) is 3.55. The molecule has 19 heavy (non-hydrogen) atoms. The average Bonchev–Trinajstić information content (AvgIpc) is 3.18. The normalized spacial score (nSPS) is 19.8. The Hall–Kier alpha value is -1.82. The summed E-state index contributed by atoms with van der Waals surface area (Å²) in [5.41, 5.74) is -0.293. The number of rotatable bonds is 3. The first-order valence-corrected chi connectivity index (χ1v) is 6.02. The van der Waals surface area contributed by atoms with E-state index in [-0.39, 0.29) is 23.6 Å². The number of carbonyl (C=O) groups is 2.